The second-order valence-corrected chi connectivity index (χ2v) is 7.10. The third kappa shape index (κ3) is 2.86. The number of rotatable bonds is 3. The van der Waals surface area contributed by atoms with Gasteiger partial charge >= 0.3 is 0 Å². The molecule has 4 N–H and O–H groups in total. The minimum atomic E-state index is 0.158. The molecule has 1 unspecified atom stereocenters. The molecule has 2 heterocycles. The fraction of sp³-hybridized carbons (Fsp3) is 0.350. The Kier molecular flexibility index (Phi) is 4.20. The van der Waals surface area contributed by atoms with Crippen molar-refractivity contribution in [1.82, 2.24) is 19.9 Å². The molecule has 0 amide bonds. The Morgan fingerprint density at radius 3 is 2.85 bits per heavy atom. The predicted molar refractivity (Wildman–Crippen MR) is 104 cm³/mol. The molecule has 3 aromatic rings. The summed E-state index contributed by atoms with van der Waals surface area (Å²) in [6.45, 7) is 2.86. The van der Waals surface area contributed by atoms with Gasteiger partial charge in [0.05, 0.1) is 5.39 Å². The average Bonchev–Trinajstić information content (AvgIpc) is 2.63. The largest absolute Gasteiger partial charge is 0.383 e. The van der Waals surface area contributed by atoms with Crippen LogP contribution in [0.1, 0.15) is 41.1 Å². The van der Waals surface area contributed by atoms with E-state index in [0.717, 1.165) is 23.1 Å². The Hall–Kier alpha value is -2.73. The van der Waals surface area contributed by atoms with Crippen LogP contribution in [0.4, 0.5) is 11.8 Å². The van der Waals surface area contributed by atoms with Crippen LogP contribution in [0.5, 0.6) is 0 Å². The fourth-order valence-corrected chi connectivity index (χ4v) is 4.06. The zero-order valence-corrected chi connectivity index (χ0v) is 15.2. The highest BCUT2D eigenvalue weighted by Crippen LogP contribution is 2.35. The first kappa shape index (κ1) is 16.7. The molecule has 0 saturated heterocycles. The van der Waals surface area contributed by atoms with Crippen molar-refractivity contribution >= 4 is 22.8 Å². The van der Waals surface area contributed by atoms with Crippen LogP contribution >= 0.6 is 0 Å². The molecule has 134 valence electrons. The minimum absolute atomic E-state index is 0.158. The van der Waals surface area contributed by atoms with E-state index < -0.39 is 0 Å². The van der Waals surface area contributed by atoms with Crippen molar-refractivity contribution < 1.29 is 0 Å². The molecular weight excluding hydrogens is 324 g/mol. The smallest absolute Gasteiger partial charge is 0.224 e. The molecule has 0 radical (unpaired) electrons. The molecule has 1 aliphatic rings. The lowest BCUT2D eigenvalue weighted by Gasteiger charge is -2.33. The summed E-state index contributed by atoms with van der Waals surface area (Å²) in [5.41, 5.74) is 17.5. The average molecular weight is 348 g/mol. The van der Waals surface area contributed by atoms with Crippen molar-refractivity contribution in [2.45, 2.75) is 38.8 Å². The second kappa shape index (κ2) is 6.53. The quantitative estimate of drug-likeness (QED) is 0.756. The first-order valence-electron chi connectivity index (χ1n) is 9.00. The van der Waals surface area contributed by atoms with Gasteiger partial charge in [-0.05, 0) is 55.5 Å². The van der Waals surface area contributed by atoms with Crippen LogP contribution < -0.4 is 11.5 Å². The molecule has 0 aliphatic heterocycles. The van der Waals surface area contributed by atoms with E-state index in [9.17, 15) is 0 Å². The van der Waals surface area contributed by atoms with Crippen molar-refractivity contribution in [1.29, 1.82) is 0 Å². The van der Waals surface area contributed by atoms with Crippen LogP contribution in [0.15, 0.2) is 30.5 Å². The maximum absolute atomic E-state index is 6.08. The number of hydrogen-bond acceptors (Lipinski definition) is 6. The molecule has 6 nitrogen and oxygen atoms in total. The van der Waals surface area contributed by atoms with Crippen LogP contribution in [0.3, 0.4) is 0 Å². The topological polar surface area (TPSA) is 94.0 Å². The van der Waals surface area contributed by atoms with Gasteiger partial charge in [-0.2, -0.15) is 9.97 Å². The number of anilines is 2. The van der Waals surface area contributed by atoms with Crippen LogP contribution in [-0.2, 0) is 13.0 Å². The molecule has 2 aromatic heterocycles. The SMILES string of the molecule is Cc1c(CN(C)C2CCCc3ccccc32)cnc2nc(N)nc(N)c12. The van der Waals surface area contributed by atoms with Crippen molar-refractivity contribution in [2.75, 3.05) is 18.5 Å². The maximum atomic E-state index is 6.08. The van der Waals surface area contributed by atoms with Crippen molar-refractivity contribution in [2.24, 2.45) is 0 Å². The molecule has 0 saturated carbocycles. The van der Waals surface area contributed by atoms with Crippen molar-refractivity contribution in [3.8, 4) is 0 Å². The molecule has 26 heavy (non-hydrogen) atoms. The summed E-state index contributed by atoms with van der Waals surface area (Å²) in [4.78, 5) is 15.2. The van der Waals surface area contributed by atoms with E-state index in [1.165, 1.54) is 30.4 Å². The van der Waals surface area contributed by atoms with Crippen molar-refractivity contribution in [3.05, 3.63) is 52.7 Å². The first-order valence-corrected chi connectivity index (χ1v) is 9.00. The van der Waals surface area contributed by atoms with E-state index in [0.29, 0.717) is 17.5 Å². The van der Waals surface area contributed by atoms with E-state index in [1.807, 2.05) is 6.20 Å². The van der Waals surface area contributed by atoms with Gasteiger partial charge in [-0.25, -0.2) is 4.98 Å². The van der Waals surface area contributed by atoms with Gasteiger partial charge in [0.1, 0.15) is 5.82 Å². The molecule has 1 aliphatic carbocycles. The number of nitrogens with two attached hydrogens (primary N) is 2. The molecular formula is C20H24N6. The number of pyridine rings is 1. The standard InChI is InChI=1S/C20H24N6/c1-12-14(10-23-19-17(12)18(21)24-20(22)25-19)11-26(2)16-9-5-7-13-6-3-4-8-15(13)16/h3-4,6,8,10,16H,5,7,9,11H2,1-2H3,(H4,21,22,23,24,25). The van der Waals surface area contributed by atoms with E-state index in [-0.39, 0.29) is 5.95 Å². The lowest BCUT2D eigenvalue weighted by atomic mass is 9.87. The van der Waals surface area contributed by atoms with Gasteiger partial charge in [0.25, 0.3) is 0 Å². The fourth-order valence-electron chi connectivity index (χ4n) is 4.06. The molecule has 4 rings (SSSR count). The van der Waals surface area contributed by atoms with Gasteiger partial charge in [-0.3, -0.25) is 4.90 Å². The summed E-state index contributed by atoms with van der Waals surface area (Å²) in [5, 5.41) is 0.800. The van der Waals surface area contributed by atoms with Gasteiger partial charge in [-0.15, -0.1) is 0 Å². The Morgan fingerprint density at radius 1 is 1.19 bits per heavy atom. The van der Waals surface area contributed by atoms with Crippen LogP contribution in [-0.4, -0.2) is 26.9 Å². The van der Waals surface area contributed by atoms with E-state index >= 15 is 0 Å². The van der Waals surface area contributed by atoms with E-state index in [4.69, 9.17) is 11.5 Å². The summed E-state index contributed by atoms with van der Waals surface area (Å²) in [7, 11) is 2.18. The first-order chi connectivity index (χ1) is 12.5. The summed E-state index contributed by atoms with van der Waals surface area (Å²) >= 11 is 0. The zero-order valence-electron chi connectivity index (χ0n) is 15.2. The van der Waals surface area contributed by atoms with Crippen LogP contribution in [0.2, 0.25) is 0 Å². The highest BCUT2D eigenvalue weighted by Gasteiger charge is 2.24. The number of nitrogen functional groups attached to an aromatic ring is 2. The molecule has 0 bridgehead atoms. The highest BCUT2D eigenvalue weighted by molar-refractivity contribution is 5.89. The van der Waals surface area contributed by atoms with Gasteiger partial charge in [0.2, 0.25) is 5.95 Å². The monoisotopic (exact) mass is 348 g/mol. The van der Waals surface area contributed by atoms with Gasteiger partial charge in [-0.1, -0.05) is 24.3 Å². The number of hydrogen-bond donors (Lipinski definition) is 2. The highest BCUT2D eigenvalue weighted by atomic mass is 15.1. The summed E-state index contributed by atoms with van der Waals surface area (Å²) in [6.07, 6.45) is 5.46. The number of fused-ring (bicyclic) bond motifs is 2. The third-order valence-corrected chi connectivity index (χ3v) is 5.42. The second-order valence-electron chi connectivity index (χ2n) is 7.10. The molecule has 0 spiro atoms. The molecule has 1 atom stereocenters. The number of nitrogens with zero attached hydrogens (tertiary/aromatic N) is 4. The van der Waals surface area contributed by atoms with E-state index in [2.05, 4.69) is 58.1 Å². The summed E-state index contributed by atoms with van der Waals surface area (Å²) in [5.74, 6) is 0.551. The Bertz CT molecular complexity index is 968. The number of benzene rings is 1. The maximum Gasteiger partial charge on any atom is 0.224 e. The summed E-state index contributed by atoms with van der Waals surface area (Å²) < 4.78 is 0. The molecule has 1 aromatic carbocycles. The van der Waals surface area contributed by atoms with Gasteiger partial charge in [0, 0.05) is 18.8 Å². The van der Waals surface area contributed by atoms with Crippen molar-refractivity contribution in [3.63, 3.8) is 0 Å². The zero-order chi connectivity index (χ0) is 18.3. The molecule has 0 fully saturated rings. The van der Waals surface area contributed by atoms with Crippen LogP contribution in [0, 0.1) is 6.92 Å². The van der Waals surface area contributed by atoms with Gasteiger partial charge in [0.15, 0.2) is 5.65 Å². The minimum Gasteiger partial charge on any atom is -0.383 e. The normalized spacial score (nSPS) is 16.8. The number of aryl methyl sites for hydroxylation is 2. The Balaban J connectivity index is 1.67. The van der Waals surface area contributed by atoms with E-state index in [1.54, 1.807) is 0 Å². The molecule has 6 heteroatoms. The lowest BCUT2D eigenvalue weighted by Crippen LogP contribution is -2.27. The lowest BCUT2D eigenvalue weighted by molar-refractivity contribution is 0.213. The predicted octanol–water partition coefficient (Wildman–Crippen LogP) is 3.01. The number of aromatic nitrogens is 3. The van der Waals surface area contributed by atoms with Gasteiger partial charge < -0.3 is 11.5 Å². The third-order valence-electron chi connectivity index (χ3n) is 5.42. The van der Waals surface area contributed by atoms with Crippen LogP contribution in [0.25, 0.3) is 11.0 Å². The summed E-state index contributed by atoms with van der Waals surface area (Å²) in [6, 6.07) is 9.20. The Morgan fingerprint density at radius 2 is 2.00 bits per heavy atom. The Labute approximate surface area is 153 Å².